The molecule has 2 nitrogen and oxygen atoms in total. The van der Waals surface area contributed by atoms with Gasteiger partial charge in [0.05, 0.1) is 5.56 Å². The molecule has 0 aromatic heterocycles. The Morgan fingerprint density at radius 3 is 2.64 bits per heavy atom. The minimum absolute atomic E-state index is 0.156. The van der Waals surface area contributed by atoms with Crippen LogP contribution in [-0.2, 0) is 4.79 Å². The summed E-state index contributed by atoms with van der Waals surface area (Å²) < 4.78 is 29.4. The van der Waals surface area contributed by atoms with Crippen LogP contribution in [0.4, 0.5) is 8.78 Å². The number of benzene rings is 1. The monoisotopic (exact) mass is 220 g/mol. The van der Waals surface area contributed by atoms with Gasteiger partial charge < -0.3 is 4.74 Å². The molecule has 0 spiro atoms. The molecule has 0 atom stereocenters. The van der Waals surface area contributed by atoms with Crippen molar-refractivity contribution >= 4 is 17.6 Å². The minimum atomic E-state index is -2.72. The van der Waals surface area contributed by atoms with Crippen LogP contribution < -0.4 is 4.74 Å². The van der Waals surface area contributed by atoms with Crippen LogP contribution in [0.3, 0.4) is 0 Å². The largest absolute Gasteiger partial charge is 0.426 e. The number of ether oxygens (including phenoxy) is 1. The highest BCUT2D eigenvalue weighted by Gasteiger charge is 2.15. The van der Waals surface area contributed by atoms with Gasteiger partial charge in [-0.15, -0.1) is 0 Å². The summed E-state index contributed by atoms with van der Waals surface area (Å²) in [7, 11) is 0. The first-order valence-corrected chi connectivity index (χ1v) is 4.14. The van der Waals surface area contributed by atoms with E-state index in [1.165, 1.54) is 12.1 Å². The molecule has 0 unspecified atom stereocenters. The van der Waals surface area contributed by atoms with Crippen LogP contribution in [-0.4, -0.2) is 5.97 Å². The zero-order valence-electron chi connectivity index (χ0n) is 7.26. The third kappa shape index (κ3) is 2.67. The van der Waals surface area contributed by atoms with E-state index >= 15 is 0 Å². The topological polar surface area (TPSA) is 26.3 Å². The number of esters is 1. The highest BCUT2D eigenvalue weighted by Crippen LogP contribution is 2.31. The number of hydrogen-bond acceptors (Lipinski definition) is 2. The molecule has 0 saturated carbocycles. The smallest absolute Gasteiger partial charge is 0.308 e. The Morgan fingerprint density at radius 1 is 1.50 bits per heavy atom. The molecular formula is C9H7ClF2O2. The maximum absolute atomic E-state index is 12.4. The molecule has 0 amide bonds. The van der Waals surface area contributed by atoms with E-state index in [4.69, 9.17) is 11.6 Å². The molecule has 14 heavy (non-hydrogen) atoms. The lowest BCUT2D eigenvalue weighted by Gasteiger charge is -2.07. The Balaban J connectivity index is 3.08. The molecule has 0 aliphatic rings. The molecule has 0 aliphatic carbocycles. The standard InChI is InChI=1S/C9H7ClF2O2/c1-5(13)14-8-3-2-6(10)4-7(8)9(11)12/h2-4,9H,1H3. The highest BCUT2D eigenvalue weighted by atomic mass is 35.5. The third-order valence-corrected chi connectivity index (χ3v) is 1.70. The number of carbonyl (C=O) groups excluding carboxylic acids is 1. The van der Waals surface area contributed by atoms with Gasteiger partial charge in [-0.25, -0.2) is 8.78 Å². The zero-order chi connectivity index (χ0) is 10.7. The molecule has 1 aromatic carbocycles. The van der Waals surface area contributed by atoms with E-state index in [1.807, 2.05) is 0 Å². The van der Waals surface area contributed by atoms with Gasteiger partial charge >= 0.3 is 5.97 Å². The second-order valence-corrected chi connectivity index (χ2v) is 3.01. The maximum atomic E-state index is 12.4. The van der Waals surface area contributed by atoms with Crippen molar-refractivity contribution in [3.05, 3.63) is 28.8 Å². The Hall–Kier alpha value is -1.16. The highest BCUT2D eigenvalue weighted by molar-refractivity contribution is 6.30. The van der Waals surface area contributed by atoms with Crippen LogP contribution in [0.5, 0.6) is 5.75 Å². The molecule has 0 N–H and O–H groups in total. The van der Waals surface area contributed by atoms with Crippen LogP contribution in [0, 0.1) is 0 Å². The molecular weight excluding hydrogens is 214 g/mol. The summed E-state index contributed by atoms with van der Waals surface area (Å²) in [6.45, 7) is 1.14. The van der Waals surface area contributed by atoms with Crippen molar-refractivity contribution in [2.24, 2.45) is 0 Å². The summed E-state index contributed by atoms with van der Waals surface area (Å²) >= 11 is 5.52. The summed E-state index contributed by atoms with van der Waals surface area (Å²) in [4.78, 5) is 10.6. The number of halogens is 3. The van der Waals surface area contributed by atoms with E-state index in [-0.39, 0.29) is 16.3 Å². The van der Waals surface area contributed by atoms with E-state index in [2.05, 4.69) is 4.74 Å². The predicted octanol–water partition coefficient (Wildman–Crippen LogP) is 3.20. The van der Waals surface area contributed by atoms with Crippen LogP contribution >= 0.6 is 11.6 Å². The van der Waals surface area contributed by atoms with Crippen molar-refractivity contribution in [3.63, 3.8) is 0 Å². The fraction of sp³-hybridized carbons (Fsp3) is 0.222. The summed E-state index contributed by atoms with van der Waals surface area (Å²) in [6.07, 6.45) is -2.72. The van der Waals surface area contributed by atoms with Crippen LogP contribution in [0.25, 0.3) is 0 Å². The fourth-order valence-electron chi connectivity index (χ4n) is 0.938. The Kier molecular flexibility index (Phi) is 3.41. The van der Waals surface area contributed by atoms with E-state index in [0.717, 1.165) is 13.0 Å². The first-order chi connectivity index (χ1) is 6.50. The van der Waals surface area contributed by atoms with Gasteiger partial charge in [0.1, 0.15) is 5.75 Å². The number of alkyl halides is 2. The van der Waals surface area contributed by atoms with Gasteiger partial charge in [0.15, 0.2) is 0 Å². The Labute approximate surface area is 84.4 Å². The third-order valence-electron chi connectivity index (χ3n) is 1.46. The fourth-order valence-corrected chi connectivity index (χ4v) is 1.12. The summed E-state index contributed by atoms with van der Waals surface area (Å²) in [5.74, 6) is -0.800. The molecule has 0 aliphatic heterocycles. The van der Waals surface area contributed by atoms with E-state index in [9.17, 15) is 13.6 Å². The second-order valence-electron chi connectivity index (χ2n) is 2.58. The van der Waals surface area contributed by atoms with Crippen molar-refractivity contribution in [2.75, 3.05) is 0 Å². The molecule has 0 fully saturated rings. The number of hydrogen-bond donors (Lipinski definition) is 0. The van der Waals surface area contributed by atoms with Crippen LogP contribution in [0.2, 0.25) is 5.02 Å². The van der Waals surface area contributed by atoms with Crippen molar-refractivity contribution in [1.82, 2.24) is 0 Å². The quantitative estimate of drug-likeness (QED) is 0.565. The minimum Gasteiger partial charge on any atom is -0.426 e. The summed E-state index contributed by atoms with van der Waals surface area (Å²) in [6, 6.07) is 3.70. The number of rotatable bonds is 2. The first-order valence-electron chi connectivity index (χ1n) is 3.76. The van der Waals surface area contributed by atoms with Crippen molar-refractivity contribution in [1.29, 1.82) is 0 Å². The lowest BCUT2D eigenvalue weighted by molar-refractivity contribution is -0.132. The predicted molar refractivity (Wildman–Crippen MR) is 47.7 cm³/mol. The van der Waals surface area contributed by atoms with Crippen molar-refractivity contribution in [3.8, 4) is 5.75 Å². The van der Waals surface area contributed by atoms with E-state index in [1.54, 1.807) is 0 Å². The lowest BCUT2D eigenvalue weighted by Crippen LogP contribution is -2.04. The number of carbonyl (C=O) groups is 1. The molecule has 0 radical (unpaired) electrons. The molecule has 0 heterocycles. The SMILES string of the molecule is CC(=O)Oc1ccc(Cl)cc1C(F)F. The zero-order valence-corrected chi connectivity index (χ0v) is 8.02. The average Bonchev–Trinajstić information content (AvgIpc) is 2.07. The molecule has 0 saturated heterocycles. The molecule has 76 valence electrons. The van der Waals surface area contributed by atoms with Gasteiger partial charge in [0.2, 0.25) is 0 Å². The Morgan fingerprint density at radius 2 is 2.14 bits per heavy atom. The van der Waals surface area contributed by atoms with Crippen LogP contribution in [0.15, 0.2) is 18.2 Å². The molecule has 5 heteroatoms. The summed E-state index contributed by atoms with van der Waals surface area (Å²) in [5.41, 5.74) is -0.382. The van der Waals surface area contributed by atoms with Gasteiger partial charge in [0.25, 0.3) is 6.43 Å². The Bertz CT molecular complexity index is 353. The van der Waals surface area contributed by atoms with Gasteiger partial charge in [-0.3, -0.25) is 4.79 Å². The normalized spacial score (nSPS) is 10.4. The molecule has 1 rings (SSSR count). The van der Waals surface area contributed by atoms with Crippen LogP contribution in [0.1, 0.15) is 18.9 Å². The van der Waals surface area contributed by atoms with Crippen molar-refractivity contribution in [2.45, 2.75) is 13.3 Å². The van der Waals surface area contributed by atoms with Crippen molar-refractivity contribution < 1.29 is 18.3 Å². The van der Waals surface area contributed by atoms with E-state index in [0.29, 0.717) is 0 Å². The lowest BCUT2D eigenvalue weighted by atomic mass is 10.2. The van der Waals surface area contributed by atoms with Gasteiger partial charge in [-0.2, -0.15) is 0 Å². The summed E-state index contributed by atoms with van der Waals surface area (Å²) in [5, 5.41) is 0.177. The second kappa shape index (κ2) is 4.37. The molecule has 0 bridgehead atoms. The molecule has 1 aromatic rings. The van der Waals surface area contributed by atoms with E-state index < -0.39 is 12.4 Å². The van der Waals surface area contributed by atoms with Gasteiger partial charge in [0, 0.05) is 11.9 Å². The van der Waals surface area contributed by atoms with Gasteiger partial charge in [-0.1, -0.05) is 11.6 Å². The first kappa shape index (κ1) is 10.9. The van der Waals surface area contributed by atoms with Gasteiger partial charge in [-0.05, 0) is 18.2 Å². The maximum Gasteiger partial charge on any atom is 0.308 e. The average molecular weight is 221 g/mol.